The first-order valence-electron chi connectivity index (χ1n) is 7.19. The molecule has 2 aliphatic rings. The van der Waals surface area contributed by atoms with Crippen molar-refractivity contribution in [1.29, 1.82) is 0 Å². The van der Waals surface area contributed by atoms with Gasteiger partial charge in [-0.25, -0.2) is 4.79 Å². The van der Waals surface area contributed by atoms with Gasteiger partial charge >= 0.3 is 6.09 Å². The van der Waals surface area contributed by atoms with Crippen molar-refractivity contribution in [3.05, 3.63) is 0 Å². The highest BCUT2D eigenvalue weighted by atomic mass is 16.6. The average molecular weight is 254 g/mol. The van der Waals surface area contributed by atoms with Crippen LogP contribution in [0, 0.1) is 0 Å². The van der Waals surface area contributed by atoms with Gasteiger partial charge in [-0.2, -0.15) is 0 Å². The predicted octanol–water partition coefficient (Wildman–Crippen LogP) is 2.57. The first kappa shape index (κ1) is 13.7. The standard InChI is InChI=1S/C14H26N2O2/c1-14(2,3)18-13(17)16-12-7-5-4-6-11(12)15-10-8-9-10/h10-12,15H,4-9H2,1-3H3,(H,16,17)/t11-,12-/m0/s1. The van der Waals surface area contributed by atoms with Gasteiger partial charge in [-0.3, -0.25) is 0 Å². The number of nitrogens with one attached hydrogen (secondary N) is 2. The molecule has 104 valence electrons. The highest BCUT2D eigenvalue weighted by Gasteiger charge is 2.32. The fourth-order valence-corrected chi connectivity index (χ4v) is 2.51. The van der Waals surface area contributed by atoms with Crippen LogP contribution >= 0.6 is 0 Å². The Morgan fingerprint density at radius 1 is 1.06 bits per heavy atom. The highest BCUT2D eigenvalue weighted by molar-refractivity contribution is 5.68. The maximum Gasteiger partial charge on any atom is 0.407 e. The summed E-state index contributed by atoms with van der Waals surface area (Å²) in [4.78, 5) is 11.8. The molecule has 0 heterocycles. The average Bonchev–Trinajstić information content (AvgIpc) is 3.02. The minimum absolute atomic E-state index is 0.231. The van der Waals surface area contributed by atoms with E-state index in [4.69, 9.17) is 4.74 Å². The predicted molar refractivity (Wildman–Crippen MR) is 71.6 cm³/mol. The molecule has 2 fully saturated rings. The van der Waals surface area contributed by atoms with E-state index in [1.54, 1.807) is 0 Å². The van der Waals surface area contributed by atoms with Gasteiger partial charge in [0, 0.05) is 18.1 Å². The number of rotatable bonds is 3. The molecule has 0 aromatic heterocycles. The number of alkyl carbamates (subject to hydrolysis) is 1. The number of carbonyl (C=O) groups is 1. The van der Waals surface area contributed by atoms with E-state index in [0.717, 1.165) is 12.8 Å². The van der Waals surface area contributed by atoms with E-state index in [2.05, 4.69) is 10.6 Å². The molecule has 0 saturated heterocycles. The second-order valence-electron chi connectivity index (χ2n) is 6.58. The maximum atomic E-state index is 11.8. The molecule has 4 nitrogen and oxygen atoms in total. The van der Waals surface area contributed by atoms with E-state index < -0.39 is 5.60 Å². The Labute approximate surface area is 110 Å². The third kappa shape index (κ3) is 4.48. The first-order valence-corrected chi connectivity index (χ1v) is 7.19. The summed E-state index contributed by atoms with van der Waals surface area (Å²) < 4.78 is 5.33. The molecule has 4 heteroatoms. The van der Waals surface area contributed by atoms with E-state index in [-0.39, 0.29) is 12.1 Å². The molecule has 2 rings (SSSR count). The Morgan fingerprint density at radius 2 is 1.67 bits per heavy atom. The summed E-state index contributed by atoms with van der Waals surface area (Å²) in [5.74, 6) is 0. The van der Waals surface area contributed by atoms with E-state index in [0.29, 0.717) is 12.1 Å². The first-order chi connectivity index (χ1) is 8.44. The van der Waals surface area contributed by atoms with Crippen LogP contribution < -0.4 is 10.6 Å². The minimum Gasteiger partial charge on any atom is -0.444 e. The van der Waals surface area contributed by atoms with Crippen LogP contribution in [0.4, 0.5) is 4.79 Å². The summed E-state index contributed by atoms with van der Waals surface area (Å²) >= 11 is 0. The fourth-order valence-electron chi connectivity index (χ4n) is 2.51. The molecule has 2 saturated carbocycles. The van der Waals surface area contributed by atoms with Crippen molar-refractivity contribution in [3.63, 3.8) is 0 Å². The monoisotopic (exact) mass is 254 g/mol. The Bertz CT molecular complexity index is 295. The topological polar surface area (TPSA) is 50.4 Å². The zero-order chi connectivity index (χ0) is 13.2. The molecule has 2 aliphatic carbocycles. The van der Waals surface area contributed by atoms with Crippen LogP contribution in [0.15, 0.2) is 0 Å². The minimum atomic E-state index is -0.418. The SMILES string of the molecule is CC(C)(C)OC(=O)N[C@H]1CCCC[C@@H]1NC1CC1. The van der Waals surface area contributed by atoms with E-state index in [9.17, 15) is 4.79 Å². The largest absolute Gasteiger partial charge is 0.444 e. The van der Waals surface area contributed by atoms with Crippen molar-refractivity contribution in [2.75, 3.05) is 0 Å². The maximum absolute atomic E-state index is 11.8. The van der Waals surface area contributed by atoms with Gasteiger partial charge < -0.3 is 15.4 Å². The lowest BCUT2D eigenvalue weighted by molar-refractivity contribution is 0.0479. The summed E-state index contributed by atoms with van der Waals surface area (Å²) in [5.41, 5.74) is -0.418. The van der Waals surface area contributed by atoms with Crippen LogP contribution in [0.2, 0.25) is 0 Å². The van der Waals surface area contributed by atoms with Gasteiger partial charge in [0.15, 0.2) is 0 Å². The molecule has 1 amide bonds. The number of amides is 1. The van der Waals surface area contributed by atoms with Crippen LogP contribution in [0.5, 0.6) is 0 Å². The van der Waals surface area contributed by atoms with E-state index in [1.807, 2.05) is 20.8 Å². The van der Waals surface area contributed by atoms with Crippen LogP contribution in [-0.2, 0) is 4.74 Å². The summed E-state index contributed by atoms with van der Waals surface area (Å²) in [6, 6.07) is 1.35. The fraction of sp³-hybridized carbons (Fsp3) is 0.929. The van der Waals surface area contributed by atoms with Gasteiger partial charge in [-0.05, 0) is 46.5 Å². The zero-order valence-electron chi connectivity index (χ0n) is 11.8. The Balaban J connectivity index is 1.82. The molecular weight excluding hydrogens is 228 g/mol. The van der Waals surface area contributed by atoms with Crippen LogP contribution in [-0.4, -0.2) is 29.8 Å². The normalized spacial score (nSPS) is 28.8. The van der Waals surface area contributed by atoms with Crippen molar-refractivity contribution < 1.29 is 9.53 Å². The van der Waals surface area contributed by atoms with E-state index in [1.165, 1.54) is 25.7 Å². The third-order valence-corrected chi connectivity index (χ3v) is 3.50. The third-order valence-electron chi connectivity index (χ3n) is 3.50. The zero-order valence-corrected chi connectivity index (χ0v) is 11.8. The lowest BCUT2D eigenvalue weighted by atomic mass is 9.90. The lowest BCUT2D eigenvalue weighted by Gasteiger charge is -2.33. The van der Waals surface area contributed by atoms with Gasteiger partial charge in [-0.1, -0.05) is 12.8 Å². The summed E-state index contributed by atoms with van der Waals surface area (Å²) in [7, 11) is 0. The highest BCUT2D eigenvalue weighted by Crippen LogP contribution is 2.25. The molecule has 0 bridgehead atoms. The van der Waals surface area contributed by atoms with Crippen LogP contribution in [0.3, 0.4) is 0 Å². The second-order valence-corrected chi connectivity index (χ2v) is 6.58. The van der Waals surface area contributed by atoms with Crippen molar-refractivity contribution >= 4 is 6.09 Å². The number of hydrogen-bond acceptors (Lipinski definition) is 3. The van der Waals surface area contributed by atoms with E-state index >= 15 is 0 Å². The Hall–Kier alpha value is -0.770. The molecule has 0 aliphatic heterocycles. The number of hydrogen-bond donors (Lipinski definition) is 2. The molecule has 2 atom stereocenters. The van der Waals surface area contributed by atoms with Gasteiger partial charge in [0.2, 0.25) is 0 Å². The summed E-state index contributed by atoms with van der Waals surface area (Å²) in [5, 5.41) is 6.68. The van der Waals surface area contributed by atoms with Crippen molar-refractivity contribution in [2.45, 2.75) is 83.0 Å². The molecule has 0 spiro atoms. The summed E-state index contributed by atoms with van der Waals surface area (Å²) in [6.45, 7) is 5.69. The molecular formula is C14H26N2O2. The van der Waals surface area contributed by atoms with Crippen molar-refractivity contribution in [3.8, 4) is 0 Å². The number of ether oxygens (including phenoxy) is 1. The quantitative estimate of drug-likeness (QED) is 0.814. The summed E-state index contributed by atoms with van der Waals surface area (Å²) in [6.07, 6.45) is 6.98. The van der Waals surface area contributed by atoms with Gasteiger partial charge in [-0.15, -0.1) is 0 Å². The van der Waals surface area contributed by atoms with Gasteiger partial charge in [0.1, 0.15) is 5.60 Å². The van der Waals surface area contributed by atoms with Gasteiger partial charge in [0.25, 0.3) is 0 Å². The second kappa shape index (κ2) is 5.47. The molecule has 0 radical (unpaired) electrons. The van der Waals surface area contributed by atoms with Crippen molar-refractivity contribution in [1.82, 2.24) is 10.6 Å². The van der Waals surface area contributed by atoms with Crippen molar-refractivity contribution in [2.24, 2.45) is 0 Å². The molecule has 2 N–H and O–H groups in total. The Kier molecular flexibility index (Phi) is 4.15. The lowest BCUT2D eigenvalue weighted by Crippen LogP contribution is -2.53. The molecule has 0 aromatic carbocycles. The molecule has 18 heavy (non-hydrogen) atoms. The van der Waals surface area contributed by atoms with Gasteiger partial charge in [0.05, 0.1) is 0 Å². The Morgan fingerprint density at radius 3 is 2.22 bits per heavy atom. The molecule has 0 unspecified atom stereocenters. The number of carbonyl (C=O) groups excluding carboxylic acids is 1. The smallest absolute Gasteiger partial charge is 0.407 e. The van der Waals surface area contributed by atoms with Crippen LogP contribution in [0.25, 0.3) is 0 Å². The van der Waals surface area contributed by atoms with Crippen LogP contribution in [0.1, 0.15) is 59.3 Å². The molecule has 0 aromatic rings.